The summed E-state index contributed by atoms with van der Waals surface area (Å²) in [6, 6.07) is 1.82. The molecule has 0 spiro atoms. The number of rotatable bonds is 2. The van der Waals surface area contributed by atoms with Crippen LogP contribution in [0.1, 0.15) is 11.8 Å². The molecule has 0 amide bonds. The largest absolute Gasteiger partial charge is 0.467 e. The van der Waals surface area contributed by atoms with Crippen LogP contribution < -0.4 is 5.73 Å². The van der Waals surface area contributed by atoms with Crippen molar-refractivity contribution in [2.75, 3.05) is 7.11 Å². The predicted molar refractivity (Wildman–Crippen MR) is 55.6 cm³/mol. The molecule has 0 bridgehead atoms. The van der Waals surface area contributed by atoms with Gasteiger partial charge in [0.2, 0.25) is 0 Å². The summed E-state index contributed by atoms with van der Waals surface area (Å²) in [6.45, 7) is 1.64. The molecule has 0 saturated heterocycles. The molecule has 72 valence electrons. The number of carbonyl (C=O) groups excluding carboxylic acids is 1. The van der Waals surface area contributed by atoms with E-state index in [1.54, 1.807) is 6.92 Å². The lowest BCUT2D eigenvalue weighted by atomic mass is 10.0. The summed E-state index contributed by atoms with van der Waals surface area (Å²) in [6.07, 6.45) is 0. The van der Waals surface area contributed by atoms with Crippen molar-refractivity contribution in [1.82, 2.24) is 0 Å². The fraction of sp³-hybridized carbons (Fsp3) is 0.375. The molecule has 5 heteroatoms. The van der Waals surface area contributed by atoms with Gasteiger partial charge in [0.1, 0.15) is 5.54 Å². The highest BCUT2D eigenvalue weighted by Gasteiger charge is 2.33. The molecule has 1 aromatic rings. The van der Waals surface area contributed by atoms with Crippen LogP contribution in [0.2, 0.25) is 0 Å². The summed E-state index contributed by atoms with van der Waals surface area (Å²) >= 11 is 4.73. The maximum Gasteiger partial charge on any atom is 0.331 e. The molecule has 3 nitrogen and oxygen atoms in total. The first-order chi connectivity index (χ1) is 5.98. The molecule has 0 aliphatic heterocycles. The summed E-state index contributed by atoms with van der Waals surface area (Å²) in [5, 5.41) is 1.88. The Kier molecular flexibility index (Phi) is 3.10. The molecule has 1 rings (SSSR count). The first-order valence-electron chi connectivity index (χ1n) is 3.60. The molecule has 13 heavy (non-hydrogen) atoms. The average molecular weight is 264 g/mol. The van der Waals surface area contributed by atoms with Gasteiger partial charge in [0.05, 0.1) is 7.11 Å². The minimum Gasteiger partial charge on any atom is -0.467 e. The number of hydrogen-bond acceptors (Lipinski definition) is 4. The van der Waals surface area contributed by atoms with Gasteiger partial charge in [-0.1, -0.05) is 0 Å². The van der Waals surface area contributed by atoms with Crippen LogP contribution in [-0.4, -0.2) is 13.1 Å². The maximum absolute atomic E-state index is 11.3. The van der Waals surface area contributed by atoms with Crippen LogP contribution in [0.25, 0.3) is 0 Å². The molecule has 0 aliphatic rings. The number of nitrogens with two attached hydrogens (primary N) is 1. The lowest BCUT2D eigenvalue weighted by molar-refractivity contribution is -0.146. The van der Waals surface area contributed by atoms with E-state index in [-0.39, 0.29) is 0 Å². The van der Waals surface area contributed by atoms with Crippen molar-refractivity contribution in [2.24, 2.45) is 5.73 Å². The normalized spacial score (nSPS) is 15.1. The van der Waals surface area contributed by atoms with Crippen LogP contribution in [0.5, 0.6) is 0 Å². The van der Waals surface area contributed by atoms with Crippen LogP contribution in [0.3, 0.4) is 0 Å². The van der Waals surface area contributed by atoms with Crippen molar-refractivity contribution in [1.29, 1.82) is 0 Å². The van der Waals surface area contributed by atoms with Crippen molar-refractivity contribution in [3.63, 3.8) is 0 Å². The van der Waals surface area contributed by atoms with Crippen LogP contribution in [-0.2, 0) is 15.1 Å². The Morgan fingerprint density at radius 3 is 2.77 bits per heavy atom. The third kappa shape index (κ3) is 2.10. The number of carbonyl (C=O) groups is 1. The Labute approximate surface area is 89.0 Å². The Bertz CT molecular complexity index is 322. The van der Waals surface area contributed by atoms with E-state index in [4.69, 9.17) is 5.73 Å². The van der Waals surface area contributed by atoms with Crippen LogP contribution in [0, 0.1) is 0 Å². The smallest absolute Gasteiger partial charge is 0.331 e. The van der Waals surface area contributed by atoms with E-state index in [2.05, 4.69) is 20.7 Å². The Morgan fingerprint density at radius 1 is 1.77 bits per heavy atom. The molecule has 0 radical (unpaired) electrons. The standard InChI is InChI=1S/C8H10BrNO2S/c1-8(10,7(11)12-2)6-3-5(9)4-13-6/h3-4H,10H2,1-2H3. The Hall–Kier alpha value is -0.390. The number of halogens is 1. The molecule has 1 unspecified atom stereocenters. The zero-order chi connectivity index (χ0) is 10.1. The zero-order valence-electron chi connectivity index (χ0n) is 7.33. The molecular weight excluding hydrogens is 254 g/mol. The Morgan fingerprint density at radius 2 is 2.38 bits per heavy atom. The van der Waals surface area contributed by atoms with Crippen molar-refractivity contribution in [3.05, 3.63) is 20.8 Å². The van der Waals surface area contributed by atoms with Gasteiger partial charge in [-0.25, -0.2) is 4.79 Å². The highest BCUT2D eigenvalue weighted by atomic mass is 79.9. The molecule has 1 heterocycles. The maximum atomic E-state index is 11.3. The van der Waals surface area contributed by atoms with E-state index < -0.39 is 11.5 Å². The second-order valence-electron chi connectivity index (χ2n) is 2.82. The van der Waals surface area contributed by atoms with Crippen LogP contribution in [0.15, 0.2) is 15.9 Å². The molecule has 0 aliphatic carbocycles. The molecule has 1 aromatic heterocycles. The molecule has 1 atom stereocenters. The number of methoxy groups -OCH3 is 1. The van der Waals surface area contributed by atoms with Gasteiger partial charge in [-0.15, -0.1) is 11.3 Å². The molecular formula is C8H10BrNO2S. The van der Waals surface area contributed by atoms with Gasteiger partial charge < -0.3 is 10.5 Å². The SMILES string of the molecule is COC(=O)C(C)(N)c1cc(Br)cs1. The molecule has 0 fully saturated rings. The number of hydrogen-bond donors (Lipinski definition) is 1. The fourth-order valence-corrected chi connectivity index (χ4v) is 2.39. The number of thiophene rings is 1. The summed E-state index contributed by atoms with van der Waals surface area (Å²) in [7, 11) is 1.33. The molecule has 2 N–H and O–H groups in total. The third-order valence-corrected chi connectivity index (χ3v) is 3.62. The third-order valence-electron chi connectivity index (χ3n) is 1.69. The second kappa shape index (κ2) is 3.77. The first-order valence-corrected chi connectivity index (χ1v) is 5.27. The van der Waals surface area contributed by atoms with Crippen LogP contribution >= 0.6 is 27.3 Å². The van der Waals surface area contributed by atoms with Gasteiger partial charge in [-0.05, 0) is 28.9 Å². The van der Waals surface area contributed by atoms with Gasteiger partial charge >= 0.3 is 5.97 Å². The summed E-state index contributed by atoms with van der Waals surface area (Å²) in [4.78, 5) is 12.1. The van der Waals surface area contributed by atoms with Crippen LogP contribution in [0.4, 0.5) is 0 Å². The summed E-state index contributed by atoms with van der Waals surface area (Å²) < 4.78 is 5.53. The fourth-order valence-electron chi connectivity index (χ4n) is 0.898. The Balaban J connectivity index is 2.99. The lowest BCUT2D eigenvalue weighted by Gasteiger charge is -2.19. The van der Waals surface area contributed by atoms with Crippen molar-refractivity contribution >= 4 is 33.2 Å². The monoisotopic (exact) mass is 263 g/mol. The van der Waals surface area contributed by atoms with Gasteiger partial charge in [-0.3, -0.25) is 0 Å². The van der Waals surface area contributed by atoms with Crippen molar-refractivity contribution in [3.8, 4) is 0 Å². The summed E-state index contributed by atoms with van der Waals surface area (Å²) in [5.41, 5.74) is 4.77. The number of esters is 1. The molecule has 0 saturated carbocycles. The molecule has 0 aromatic carbocycles. The van der Waals surface area contributed by atoms with E-state index in [0.29, 0.717) is 0 Å². The lowest BCUT2D eigenvalue weighted by Crippen LogP contribution is -2.41. The van der Waals surface area contributed by atoms with Gasteiger partial charge in [0.25, 0.3) is 0 Å². The quantitative estimate of drug-likeness (QED) is 0.829. The van der Waals surface area contributed by atoms with E-state index in [1.807, 2.05) is 11.4 Å². The minimum atomic E-state index is -1.05. The number of ether oxygens (including phenoxy) is 1. The average Bonchev–Trinajstić information content (AvgIpc) is 2.50. The highest BCUT2D eigenvalue weighted by Crippen LogP contribution is 2.28. The topological polar surface area (TPSA) is 52.3 Å². The minimum absolute atomic E-state index is 0.429. The van der Waals surface area contributed by atoms with Gasteiger partial charge in [0.15, 0.2) is 0 Å². The first kappa shape index (κ1) is 10.7. The second-order valence-corrected chi connectivity index (χ2v) is 4.65. The van der Waals surface area contributed by atoms with E-state index in [9.17, 15) is 4.79 Å². The van der Waals surface area contributed by atoms with Gasteiger partial charge in [0, 0.05) is 14.7 Å². The van der Waals surface area contributed by atoms with E-state index in [0.717, 1.165) is 9.35 Å². The van der Waals surface area contributed by atoms with Gasteiger partial charge in [-0.2, -0.15) is 0 Å². The predicted octanol–water partition coefficient (Wildman–Crippen LogP) is 1.86. The summed E-state index contributed by atoms with van der Waals surface area (Å²) in [5.74, 6) is -0.429. The van der Waals surface area contributed by atoms with E-state index in [1.165, 1.54) is 18.4 Å². The highest BCUT2D eigenvalue weighted by molar-refractivity contribution is 9.10. The zero-order valence-corrected chi connectivity index (χ0v) is 9.74. The van der Waals surface area contributed by atoms with Crippen molar-refractivity contribution < 1.29 is 9.53 Å². The van der Waals surface area contributed by atoms with Crippen molar-refractivity contribution in [2.45, 2.75) is 12.5 Å². The van der Waals surface area contributed by atoms with E-state index >= 15 is 0 Å².